The van der Waals surface area contributed by atoms with Crippen LogP contribution in [0, 0.1) is 0 Å². The van der Waals surface area contributed by atoms with Gasteiger partial charge >= 0.3 is 5.97 Å². The number of carboxylic acids is 1. The van der Waals surface area contributed by atoms with Crippen molar-refractivity contribution in [1.82, 2.24) is 10.2 Å². The number of nitrogens with one attached hydrogen (secondary N) is 1. The van der Waals surface area contributed by atoms with Crippen molar-refractivity contribution in [2.24, 2.45) is 0 Å². The normalized spacial score (nSPS) is 11.6. The Morgan fingerprint density at radius 2 is 1.86 bits per heavy atom. The summed E-state index contributed by atoms with van der Waals surface area (Å²) in [6.45, 7) is 3.16. The highest BCUT2D eigenvalue weighted by Crippen LogP contribution is 2.16. The van der Waals surface area contributed by atoms with Gasteiger partial charge < -0.3 is 15.3 Å². The van der Waals surface area contributed by atoms with Gasteiger partial charge in [-0.25, -0.2) is 4.79 Å². The van der Waals surface area contributed by atoms with Gasteiger partial charge in [-0.1, -0.05) is 0 Å². The van der Waals surface area contributed by atoms with E-state index in [9.17, 15) is 14.4 Å². The van der Waals surface area contributed by atoms with E-state index in [0.29, 0.717) is 5.56 Å². The van der Waals surface area contributed by atoms with Gasteiger partial charge in [-0.3, -0.25) is 9.59 Å². The molecule has 1 atom stereocenters. The van der Waals surface area contributed by atoms with E-state index in [1.54, 1.807) is 23.9 Å². The zero-order valence-electron chi connectivity index (χ0n) is 12.8. The first-order chi connectivity index (χ1) is 10.4. The van der Waals surface area contributed by atoms with E-state index in [-0.39, 0.29) is 24.9 Å². The van der Waals surface area contributed by atoms with Crippen LogP contribution in [0.2, 0.25) is 0 Å². The number of nitrogens with zero attached hydrogens (tertiary/aromatic N) is 1. The summed E-state index contributed by atoms with van der Waals surface area (Å²) in [5, 5.41) is 11.7. The first-order valence-electron chi connectivity index (χ1n) is 6.79. The van der Waals surface area contributed by atoms with Crippen LogP contribution in [0.1, 0.15) is 24.2 Å². The monoisotopic (exact) mass is 324 g/mol. The van der Waals surface area contributed by atoms with Crippen molar-refractivity contribution in [3.8, 4) is 0 Å². The van der Waals surface area contributed by atoms with Gasteiger partial charge in [-0.15, -0.1) is 11.8 Å². The molecule has 7 heteroatoms. The molecule has 1 rings (SSSR count). The molecule has 0 bridgehead atoms. The number of carbonyl (C=O) groups is 3. The first-order valence-corrected chi connectivity index (χ1v) is 8.01. The van der Waals surface area contributed by atoms with Gasteiger partial charge in [-0.05, 0) is 37.4 Å². The van der Waals surface area contributed by atoms with Crippen molar-refractivity contribution in [1.29, 1.82) is 0 Å². The van der Waals surface area contributed by atoms with Crippen LogP contribution in [0.25, 0.3) is 0 Å². The molecule has 6 nitrogen and oxygen atoms in total. The summed E-state index contributed by atoms with van der Waals surface area (Å²) in [4.78, 5) is 36.9. The van der Waals surface area contributed by atoms with Crippen LogP contribution in [0.5, 0.6) is 0 Å². The van der Waals surface area contributed by atoms with Crippen LogP contribution in [0.4, 0.5) is 0 Å². The number of thioether (sulfide) groups is 1. The number of carbonyl (C=O) groups excluding carboxylic acids is 2. The lowest BCUT2D eigenvalue weighted by Gasteiger charge is -2.26. The van der Waals surface area contributed by atoms with E-state index in [4.69, 9.17) is 5.11 Å². The van der Waals surface area contributed by atoms with Gasteiger partial charge in [0, 0.05) is 30.5 Å². The highest BCUT2D eigenvalue weighted by molar-refractivity contribution is 7.98. The number of benzene rings is 1. The topological polar surface area (TPSA) is 86.7 Å². The molecule has 0 aliphatic heterocycles. The zero-order chi connectivity index (χ0) is 16.7. The Balaban J connectivity index is 2.89. The largest absolute Gasteiger partial charge is 0.480 e. The number of hydrogen-bond acceptors (Lipinski definition) is 4. The van der Waals surface area contributed by atoms with Crippen LogP contribution in [0.15, 0.2) is 29.2 Å². The number of carboxylic acid groups (broad SMARTS) is 1. The third kappa shape index (κ3) is 5.07. The maximum Gasteiger partial charge on any atom is 0.326 e. The fourth-order valence-corrected chi connectivity index (χ4v) is 2.26. The van der Waals surface area contributed by atoms with Gasteiger partial charge in [-0.2, -0.15) is 0 Å². The van der Waals surface area contributed by atoms with Gasteiger partial charge in [0.2, 0.25) is 5.91 Å². The van der Waals surface area contributed by atoms with E-state index in [1.165, 1.54) is 18.7 Å². The van der Waals surface area contributed by atoms with Crippen molar-refractivity contribution in [3.63, 3.8) is 0 Å². The predicted octanol–water partition coefficient (Wildman–Crippen LogP) is 1.46. The molecule has 0 aliphatic carbocycles. The lowest BCUT2D eigenvalue weighted by atomic mass is 10.1. The second-order valence-corrected chi connectivity index (χ2v) is 5.60. The highest BCUT2D eigenvalue weighted by atomic mass is 32.2. The van der Waals surface area contributed by atoms with Crippen LogP contribution < -0.4 is 5.32 Å². The van der Waals surface area contributed by atoms with Crippen molar-refractivity contribution in [2.75, 3.05) is 19.3 Å². The molecule has 0 fully saturated rings. The molecular formula is C15H20N2O4S. The van der Waals surface area contributed by atoms with Gasteiger partial charge in [0.05, 0.1) is 0 Å². The Hall–Kier alpha value is -2.02. The summed E-state index contributed by atoms with van der Waals surface area (Å²) in [5.41, 5.74) is 0.425. The number of aliphatic carboxylic acids is 1. The number of amides is 2. The molecule has 2 amide bonds. The molecule has 0 saturated carbocycles. The molecule has 0 aromatic heterocycles. The van der Waals surface area contributed by atoms with Crippen LogP contribution in [-0.2, 0) is 9.59 Å². The Morgan fingerprint density at radius 3 is 2.32 bits per heavy atom. The quantitative estimate of drug-likeness (QED) is 0.742. The molecule has 1 aromatic rings. The highest BCUT2D eigenvalue weighted by Gasteiger charge is 2.26. The minimum absolute atomic E-state index is 0.135. The maximum atomic E-state index is 12.5. The van der Waals surface area contributed by atoms with Crippen LogP contribution in [-0.4, -0.2) is 53.2 Å². The molecule has 22 heavy (non-hydrogen) atoms. The molecule has 1 aromatic carbocycles. The van der Waals surface area contributed by atoms with Crippen molar-refractivity contribution < 1.29 is 19.5 Å². The lowest BCUT2D eigenvalue weighted by molar-refractivity contribution is -0.141. The molecule has 2 N–H and O–H groups in total. The standard InChI is InChI=1S/C15H20N2O4S/c1-10(15(20)21)17(9-8-16-11(2)18)14(19)12-4-6-13(22-3)7-5-12/h4-7,10H,8-9H2,1-3H3,(H,16,18)(H,20,21). The van der Waals surface area contributed by atoms with Crippen LogP contribution in [0.3, 0.4) is 0 Å². The summed E-state index contributed by atoms with van der Waals surface area (Å²) < 4.78 is 0. The Labute approximate surface area is 133 Å². The van der Waals surface area contributed by atoms with E-state index in [0.717, 1.165) is 4.90 Å². The molecular weight excluding hydrogens is 304 g/mol. The van der Waals surface area contributed by atoms with E-state index < -0.39 is 12.0 Å². The molecule has 120 valence electrons. The number of rotatable bonds is 7. The molecule has 0 spiro atoms. The minimum atomic E-state index is -1.09. The van der Waals surface area contributed by atoms with Gasteiger partial charge in [0.1, 0.15) is 6.04 Å². The fraction of sp³-hybridized carbons (Fsp3) is 0.400. The Bertz CT molecular complexity index is 545. The third-order valence-corrected chi connectivity index (χ3v) is 3.89. The summed E-state index contributed by atoms with van der Waals surface area (Å²) in [6.07, 6.45) is 1.93. The minimum Gasteiger partial charge on any atom is -0.480 e. The summed E-state index contributed by atoms with van der Waals surface area (Å²) in [7, 11) is 0. The SMILES string of the molecule is CSc1ccc(C(=O)N(CCNC(C)=O)C(C)C(=O)O)cc1. The summed E-state index contributed by atoms with van der Waals surface area (Å²) >= 11 is 1.56. The summed E-state index contributed by atoms with van der Waals surface area (Å²) in [6, 6.07) is 6.01. The second kappa shape index (κ2) is 8.43. The predicted molar refractivity (Wildman–Crippen MR) is 85.0 cm³/mol. The molecule has 1 unspecified atom stereocenters. The van der Waals surface area contributed by atoms with Crippen LogP contribution >= 0.6 is 11.8 Å². The molecule has 0 saturated heterocycles. The average Bonchev–Trinajstić information content (AvgIpc) is 2.50. The van der Waals surface area contributed by atoms with E-state index in [1.807, 2.05) is 18.4 Å². The van der Waals surface area contributed by atoms with Gasteiger partial charge in [0.15, 0.2) is 0 Å². The first kappa shape index (κ1) is 18.0. The maximum absolute atomic E-state index is 12.5. The number of hydrogen-bond donors (Lipinski definition) is 2. The molecule has 0 heterocycles. The van der Waals surface area contributed by atoms with E-state index in [2.05, 4.69) is 5.32 Å². The second-order valence-electron chi connectivity index (χ2n) is 4.72. The van der Waals surface area contributed by atoms with E-state index >= 15 is 0 Å². The van der Waals surface area contributed by atoms with Gasteiger partial charge in [0.25, 0.3) is 5.91 Å². The third-order valence-electron chi connectivity index (χ3n) is 3.15. The molecule has 0 radical (unpaired) electrons. The Morgan fingerprint density at radius 1 is 1.27 bits per heavy atom. The fourth-order valence-electron chi connectivity index (χ4n) is 1.86. The molecule has 0 aliphatic rings. The Kier molecular flexibility index (Phi) is 6.91. The average molecular weight is 324 g/mol. The smallest absolute Gasteiger partial charge is 0.326 e. The van der Waals surface area contributed by atoms with Crippen molar-refractivity contribution in [2.45, 2.75) is 24.8 Å². The lowest BCUT2D eigenvalue weighted by Crippen LogP contribution is -2.46. The van der Waals surface area contributed by atoms with Crippen molar-refractivity contribution >= 4 is 29.5 Å². The summed E-state index contributed by atoms with van der Waals surface area (Å²) in [5.74, 6) is -1.68. The zero-order valence-corrected chi connectivity index (χ0v) is 13.6. The van der Waals surface area contributed by atoms with Crippen molar-refractivity contribution in [3.05, 3.63) is 29.8 Å².